The topological polar surface area (TPSA) is 65.2 Å². The fourth-order valence-electron chi connectivity index (χ4n) is 1.23. The SMILES string of the molecule is CCOC(=O)c1cc(-c2ccncc2)no1. The van der Waals surface area contributed by atoms with Crippen LogP contribution < -0.4 is 0 Å². The van der Waals surface area contributed by atoms with Gasteiger partial charge in [0.1, 0.15) is 5.69 Å². The molecule has 0 bridgehead atoms. The summed E-state index contributed by atoms with van der Waals surface area (Å²) >= 11 is 0. The summed E-state index contributed by atoms with van der Waals surface area (Å²) in [5.41, 5.74) is 1.43. The van der Waals surface area contributed by atoms with Crippen molar-refractivity contribution in [2.75, 3.05) is 6.61 Å². The molecule has 5 nitrogen and oxygen atoms in total. The van der Waals surface area contributed by atoms with Crippen LogP contribution in [0.4, 0.5) is 0 Å². The number of esters is 1. The van der Waals surface area contributed by atoms with Crippen molar-refractivity contribution in [3.63, 3.8) is 0 Å². The number of rotatable bonds is 3. The molecule has 2 aromatic rings. The summed E-state index contributed by atoms with van der Waals surface area (Å²) in [6, 6.07) is 5.12. The lowest BCUT2D eigenvalue weighted by molar-refractivity contribution is 0.0480. The predicted molar refractivity (Wildman–Crippen MR) is 55.7 cm³/mol. The van der Waals surface area contributed by atoms with Crippen LogP contribution in [0.1, 0.15) is 17.5 Å². The van der Waals surface area contributed by atoms with Gasteiger partial charge in [0.15, 0.2) is 0 Å². The molecule has 0 aliphatic heterocycles. The van der Waals surface area contributed by atoms with Gasteiger partial charge < -0.3 is 9.26 Å². The first kappa shape index (κ1) is 10.4. The zero-order valence-electron chi connectivity index (χ0n) is 8.71. The Morgan fingerprint density at radius 3 is 2.88 bits per heavy atom. The number of nitrogens with zero attached hydrogens (tertiary/aromatic N) is 2. The van der Waals surface area contributed by atoms with Crippen LogP contribution in [-0.4, -0.2) is 22.7 Å². The third kappa shape index (κ3) is 2.08. The molecule has 0 saturated carbocycles. The van der Waals surface area contributed by atoms with E-state index >= 15 is 0 Å². The minimum absolute atomic E-state index is 0.105. The molecule has 0 aliphatic carbocycles. The lowest BCUT2D eigenvalue weighted by Crippen LogP contribution is -2.02. The van der Waals surface area contributed by atoms with E-state index in [1.807, 2.05) is 0 Å². The van der Waals surface area contributed by atoms with Crippen LogP contribution in [0.15, 0.2) is 35.1 Å². The van der Waals surface area contributed by atoms with Crippen LogP contribution in [0.5, 0.6) is 0 Å². The molecule has 0 unspecified atom stereocenters. The van der Waals surface area contributed by atoms with E-state index in [-0.39, 0.29) is 5.76 Å². The number of pyridine rings is 1. The number of carbonyl (C=O) groups is 1. The standard InChI is InChI=1S/C11H10N2O3/c1-2-15-11(14)10-7-9(13-16-10)8-3-5-12-6-4-8/h3-7H,2H2,1H3. The minimum Gasteiger partial charge on any atom is -0.460 e. The van der Waals surface area contributed by atoms with Crippen LogP contribution >= 0.6 is 0 Å². The number of ether oxygens (including phenoxy) is 1. The second-order valence-electron chi connectivity index (χ2n) is 3.03. The molecule has 0 saturated heterocycles. The van der Waals surface area contributed by atoms with Crippen LogP contribution in [0.2, 0.25) is 0 Å². The molecule has 16 heavy (non-hydrogen) atoms. The van der Waals surface area contributed by atoms with Crippen molar-refractivity contribution in [2.24, 2.45) is 0 Å². The van der Waals surface area contributed by atoms with Gasteiger partial charge in [0.2, 0.25) is 5.76 Å². The lowest BCUT2D eigenvalue weighted by atomic mass is 10.2. The van der Waals surface area contributed by atoms with Gasteiger partial charge in [0.25, 0.3) is 0 Å². The molecule has 0 spiro atoms. The Morgan fingerprint density at radius 1 is 1.44 bits per heavy atom. The van der Waals surface area contributed by atoms with Crippen molar-refractivity contribution >= 4 is 5.97 Å². The highest BCUT2D eigenvalue weighted by atomic mass is 16.6. The van der Waals surface area contributed by atoms with Crippen molar-refractivity contribution in [1.29, 1.82) is 0 Å². The van der Waals surface area contributed by atoms with Crippen molar-refractivity contribution in [3.05, 3.63) is 36.4 Å². The van der Waals surface area contributed by atoms with E-state index < -0.39 is 5.97 Å². The second-order valence-corrected chi connectivity index (χ2v) is 3.03. The molecule has 0 amide bonds. The Balaban J connectivity index is 2.23. The summed E-state index contributed by atoms with van der Waals surface area (Å²) in [6.45, 7) is 2.04. The van der Waals surface area contributed by atoms with Crippen LogP contribution in [0, 0.1) is 0 Å². The Morgan fingerprint density at radius 2 is 2.19 bits per heavy atom. The third-order valence-electron chi connectivity index (χ3n) is 1.96. The van der Waals surface area contributed by atoms with E-state index in [1.54, 1.807) is 37.5 Å². The van der Waals surface area contributed by atoms with E-state index in [4.69, 9.17) is 9.26 Å². The third-order valence-corrected chi connectivity index (χ3v) is 1.96. The summed E-state index contributed by atoms with van der Waals surface area (Å²) in [4.78, 5) is 15.2. The Labute approximate surface area is 92.0 Å². The molecule has 2 rings (SSSR count). The zero-order valence-corrected chi connectivity index (χ0v) is 8.71. The highest BCUT2D eigenvalue weighted by Crippen LogP contribution is 2.18. The smallest absolute Gasteiger partial charge is 0.377 e. The van der Waals surface area contributed by atoms with Gasteiger partial charge >= 0.3 is 5.97 Å². The molecule has 0 N–H and O–H groups in total. The largest absolute Gasteiger partial charge is 0.460 e. The van der Waals surface area contributed by atoms with Gasteiger partial charge in [-0.3, -0.25) is 4.98 Å². The van der Waals surface area contributed by atoms with Gasteiger partial charge in [-0.25, -0.2) is 4.79 Å². The summed E-state index contributed by atoms with van der Waals surface area (Å²) in [5.74, 6) is -0.399. The van der Waals surface area contributed by atoms with Gasteiger partial charge in [-0.15, -0.1) is 0 Å². The molecule has 5 heteroatoms. The monoisotopic (exact) mass is 218 g/mol. The highest BCUT2D eigenvalue weighted by molar-refractivity contribution is 5.87. The molecule has 0 aromatic carbocycles. The lowest BCUT2D eigenvalue weighted by Gasteiger charge is -1.94. The van der Waals surface area contributed by atoms with Crippen molar-refractivity contribution in [2.45, 2.75) is 6.92 Å². The van der Waals surface area contributed by atoms with Crippen LogP contribution in [0.25, 0.3) is 11.3 Å². The summed E-state index contributed by atoms with van der Waals surface area (Å²) < 4.78 is 9.68. The van der Waals surface area contributed by atoms with E-state index in [2.05, 4.69) is 10.1 Å². The highest BCUT2D eigenvalue weighted by Gasteiger charge is 2.14. The quantitative estimate of drug-likeness (QED) is 0.736. The number of hydrogen-bond donors (Lipinski definition) is 0. The second kappa shape index (κ2) is 4.57. The Hall–Kier alpha value is -2.17. The number of carbonyl (C=O) groups excluding carboxylic acids is 1. The first-order chi connectivity index (χ1) is 7.81. The molecule has 0 fully saturated rings. The fraction of sp³-hybridized carbons (Fsp3) is 0.182. The number of hydrogen-bond acceptors (Lipinski definition) is 5. The average Bonchev–Trinajstić information content (AvgIpc) is 2.80. The summed E-state index contributed by atoms with van der Waals surface area (Å²) in [6.07, 6.45) is 3.29. The molecule has 2 heterocycles. The Bertz CT molecular complexity index is 479. The normalized spacial score (nSPS) is 10.1. The van der Waals surface area contributed by atoms with E-state index in [1.165, 1.54) is 0 Å². The zero-order chi connectivity index (χ0) is 11.4. The van der Waals surface area contributed by atoms with Gasteiger partial charge in [-0.05, 0) is 19.1 Å². The molecule has 82 valence electrons. The van der Waals surface area contributed by atoms with Crippen LogP contribution in [0.3, 0.4) is 0 Å². The molecule has 0 radical (unpaired) electrons. The van der Waals surface area contributed by atoms with Crippen molar-refractivity contribution in [1.82, 2.24) is 10.1 Å². The molecular formula is C11H10N2O3. The van der Waals surface area contributed by atoms with Crippen LogP contribution in [-0.2, 0) is 4.74 Å². The van der Waals surface area contributed by atoms with Crippen molar-refractivity contribution < 1.29 is 14.1 Å². The van der Waals surface area contributed by atoms with E-state index in [0.717, 1.165) is 5.56 Å². The van der Waals surface area contributed by atoms with Gasteiger partial charge in [0.05, 0.1) is 6.61 Å². The fourth-order valence-corrected chi connectivity index (χ4v) is 1.23. The molecular weight excluding hydrogens is 208 g/mol. The van der Waals surface area contributed by atoms with E-state index in [9.17, 15) is 4.79 Å². The predicted octanol–water partition coefficient (Wildman–Crippen LogP) is 1.91. The molecule has 0 aliphatic rings. The maximum Gasteiger partial charge on any atom is 0.377 e. The van der Waals surface area contributed by atoms with Gasteiger partial charge in [-0.2, -0.15) is 0 Å². The van der Waals surface area contributed by atoms with E-state index in [0.29, 0.717) is 12.3 Å². The molecule has 2 aromatic heterocycles. The van der Waals surface area contributed by atoms with Gasteiger partial charge in [-0.1, -0.05) is 5.16 Å². The minimum atomic E-state index is -0.504. The maximum absolute atomic E-state index is 11.3. The van der Waals surface area contributed by atoms with Gasteiger partial charge in [0, 0.05) is 24.0 Å². The summed E-state index contributed by atoms with van der Waals surface area (Å²) in [5, 5.41) is 3.79. The number of aromatic nitrogens is 2. The van der Waals surface area contributed by atoms with Crippen molar-refractivity contribution in [3.8, 4) is 11.3 Å². The summed E-state index contributed by atoms with van der Waals surface area (Å²) in [7, 11) is 0. The average molecular weight is 218 g/mol. The Kier molecular flexibility index (Phi) is 2.95. The first-order valence-corrected chi connectivity index (χ1v) is 4.85. The first-order valence-electron chi connectivity index (χ1n) is 4.85. The maximum atomic E-state index is 11.3. The molecule has 0 atom stereocenters.